The first-order valence-corrected chi connectivity index (χ1v) is 8.19. The van der Waals surface area contributed by atoms with E-state index in [0.29, 0.717) is 13.2 Å². The average Bonchev–Trinajstić information content (AvgIpc) is 2.44. The fourth-order valence-electron chi connectivity index (χ4n) is 2.94. The summed E-state index contributed by atoms with van der Waals surface area (Å²) in [5, 5.41) is 3.48. The smallest absolute Gasteiger partial charge is 0.193 e. The average molecular weight is 299 g/mol. The molecule has 1 rings (SSSR count). The van der Waals surface area contributed by atoms with Crippen LogP contribution in [-0.2, 0) is 9.47 Å². The Balaban J connectivity index is 2.14. The molecule has 0 aromatic rings. The second-order valence-electron chi connectivity index (χ2n) is 6.14. The molecule has 124 valence electrons. The van der Waals surface area contributed by atoms with Crippen molar-refractivity contribution in [3.8, 4) is 0 Å². The summed E-state index contributed by atoms with van der Waals surface area (Å²) in [6.45, 7) is 10.0. The van der Waals surface area contributed by atoms with Crippen LogP contribution < -0.4 is 5.32 Å². The van der Waals surface area contributed by atoms with Crippen LogP contribution in [0.2, 0.25) is 0 Å². The molecule has 0 radical (unpaired) electrons. The monoisotopic (exact) mass is 299 g/mol. The Hall–Kier alpha value is -0.810. The van der Waals surface area contributed by atoms with Gasteiger partial charge in [-0.15, -0.1) is 0 Å². The van der Waals surface area contributed by atoms with E-state index in [2.05, 4.69) is 29.1 Å². The van der Waals surface area contributed by atoms with Gasteiger partial charge in [-0.3, -0.25) is 4.99 Å². The minimum Gasteiger partial charge on any atom is -0.382 e. The summed E-state index contributed by atoms with van der Waals surface area (Å²) in [5.41, 5.74) is 0. The number of nitrogens with zero attached hydrogens (tertiary/aromatic N) is 2. The van der Waals surface area contributed by atoms with Gasteiger partial charge in [0.1, 0.15) is 0 Å². The lowest BCUT2D eigenvalue weighted by Gasteiger charge is -2.37. The molecule has 0 saturated carbocycles. The van der Waals surface area contributed by atoms with Gasteiger partial charge in [-0.1, -0.05) is 13.8 Å². The summed E-state index contributed by atoms with van der Waals surface area (Å²) in [5.74, 6) is 2.55. The van der Waals surface area contributed by atoms with Crippen molar-refractivity contribution in [2.24, 2.45) is 16.8 Å². The Morgan fingerprint density at radius 3 is 2.48 bits per heavy atom. The lowest BCUT2D eigenvalue weighted by molar-refractivity contribution is 0.0689. The van der Waals surface area contributed by atoms with Crippen LogP contribution >= 0.6 is 0 Å². The summed E-state index contributed by atoms with van der Waals surface area (Å²) in [6, 6.07) is 0. The number of methoxy groups -OCH3 is 1. The molecule has 0 amide bonds. The lowest BCUT2D eigenvalue weighted by atomic mass is 9.92. The third-order valence-corrected chi connectivity index (χ3v) is 3.81. The van der Waals surface area contributed by atoms with Gasteiger partial charge >= 0.3 is 0 Å². The van der Waals surface area contributed by atoms with Crippen LogP contribution in [0.3, 0.4) is 0 Å². The summed E-state index contributed by atoms with van der Waals surface area (Å²) in [4.78, 5) is 6.82. The van der Waals surface area contributed by atoms with Crippen LogP contribution in [0.4, 0.5) is 0 Å². The van der Waals surface area contributed by atoms with Gasteiger partial charge in [0.15, 0.2) is 5.96 Å². The maximum absolute atomic E-state index is 5.46. The Morgan fingerprint density at radius 1 is 1.14 bits per heavy atom. The fraction of sp³-hybridized carbons (Fsp3) is 0.938. The number of hydrogen-bond donors (Lipinski definition) is 1. The molecule has 1 N–H and O–H groups in total. The predicted octanol–water partition coefficient (Wildman–Crippen LogP) is 1.98. The Kier molecular flexibility index (Phi) is 9.42. The molecule has 1 aliphatic rings. The highest BCUT2D eigenvalue weighted by Crippen LogP contribution is 2.20. The van der Waals surface area contributed by atoms with Crippen molar-refractivity contribution in [3.63, 3.8) is 0 Å². The molecule has 5 heteroatoms. The number of aliphatic imine (C=N–C) groups is 1. The van der Waals surface area contributed by atoms with Gasteiger partial charge < -0.3 is 19.7 Å². The topological polar surface area (TPSA) is 46.1 Å². The number of nitrogens with one attached hydrogen (secondary N) is 1. The largest absolute Gasteiger partial charge is 0.382 e. The molecule has 1 fully saturated rings. The zero-order valence-electron chi connectivity index (χ0n) is 14.2. The second-order valence-corrected chi connectivity index (χ2v) is 6.14. The Bertz CT molecular complexity index is 287. The zero-order chi connectivity index (χ0) is 15.5. The number of unbranched alkanes of at least 4 members (excludes halogenated alkanes) is 1. The maximum Gasteiger partial charge on any atom is 0.193 e. The zero-order valence-corrected chi connectivity index (χ0v) is 14.2. The second kappa shape index (κ2) is 10.9. The highest BCUT2D eigenvalue weighted by molar-refractivity contribution is 5.79. The fourth-order valence-corrected chi connectivity index (χ4v) is 2.94. The summed E-state index contributed by atoms with van der Waals surface area (Å²) < 4.78 is 10.4. The molecule has 0 aromatic heterocycles. The molecule has 2 atom stereocenters. The minimum atomic E-state index is 0.677. The van der Waals surface area contributed by atoms with Crippen molar-refractivity contribution in [3.05, 3.63) is 0 Å². The van der Waals surface area contributed by atoms with Gasteiger partial charge in [0.2, 0.25) is 0 Å². The molecule has 1 saturated heterocycles. The molecule has 0 spiro atoms. The van der Waals surface area contributed by atoms with Gasteiger partial charge in [-0.05, 0) is 31.1 Å². The third kappa shape index (κ3) is 7.67. The summed E-state index contributed by atoms with van der Waals surface area (Å²) in [7, 11) is 3.57. The predicted molar refractivity (Wildman–Crippen MR) is 87.8 cm³/mol. The van der Waals surface area contributed by atoms with E-state index >= 15 is 0 Å². The van der Waals surface area contributed by atoms with Gasteiger partial charge in [0.05, 0.1) is 13.2 Å². The van der Waals surface area contributed by atoms with E-state index in [1.807, 2.05) is 7.05 Å². The molecule has 0 aliphatic carbocycles. The number of hydrogen-bond acceptors (Lipinski definition) is 3. The number of guanidine groups is 1. The molecule has 21 heavy (non-hydrogen) atoms. The summed E-state index contributed by atoms with van der Waals surface area (Å²) in [6.07, 6.45) is 3.50. The van der Waals surface area contributed by atoms with E-state index < -0.39 is 0 Å². The van der Waals surface area contributed by atoms with Crippen molar-refractivity contribution in [1.29, 1.82) is 0 Å². The number of rotatable bonds is 8. The highest BCUT2D eigenvalue weighted by Gasteiger charge is 2.23. The molecule has 1 heterocycles. The van der Waals surface area contributed by atoms with Gasteiger partial charge in [0.25, 0.3) is 0 Å². The normalized spacial score (nSPS) is 23.4. The number of ether oxygens (including phenoxy) is 2. The van der Waals surface area contributed by atoms with Gasteiger partial charge in [-0.2, -0.15) is 0 Å². The maximum atomic E-state index is 5.46. The van der Waals surface area contributed by atoms with Crippen LogP contribution in [0.25, 0.3) is 0 Å². The molecule has 5 nitrogen and oxygen atoms in total. The van der Waals surface area contributed by atoms with E-state index in [0.717, 1.165) is 56.9 Å². The Morgan fingerprint density at radius 2 is 1.86 bits per heavy atom. The molecular formula is C16H33N3O2. The molecular weight excluding hydrogens is 266 g/mol. The molecule has 0 bridgehead atoms. The van der Waals surface area contributed by atoms with E-state index in [4.69, 9.17) is 9.47 Å². The quantitative estimate of drug-likeness (QED) is 0.423. The lowest BCUT2D eigenvalue weighted by Crippen LogP contribution is -2.48. The molecule has 1 aliphatic heterocycles. The van der Waals surface area contributed by atoms with E-state index in [1.165, 1.54) is 6.42 Å². The standard InChI is InChI=1S/C16H33N3O2/c1-14-11-15(2)13-19(12-14)16(17-3)18-7-5-6-8-21-10-9-20-4/h14-15H,5-13H2,1-4H3,(H,17,18). The number of piperidine rings is 1. The van der Waals surface area contributed by atoms with Crippen molar-refractivity contribution in [2.45, 2.75) is 33.1 Å². The van der Waals surface area contributed by atoms with Gasteiger partial charge in [-0.25, -0.2) is 0 Å². The first-order chi connectivity index (χ1) is 10.2. The van der Waals surface area contributed by atoms with Crippen LogP contribution in [-0.4, -0.2) is 64.5 Å². The van der Waals surface area contributed by atoms with E-state index in [1.54, 1.807) is 7.11 Å². The van der Waals surface area contributed by atoms with Crippen LogP contribution in [0.1, 0.15) is 33.1 Å². The first kappa shape index (κ1) is 18.2. The summed E-state index contributed by atoms with van der Waals surface area (Å²) >= 11 is 0. The van der Waals surface area contributed by atoms with Crippen LogP contribution in [0.15, 0.2) is 4.99 Å². The van der Waals surface area contributed by atoms with Crippen molar-refractivity contribution >= 4 is 5.96 Å². The first-order valence-electron chi connectivity index (χ1n) is 8.19. The van der Waals surface area contributed by atoms with E-state index in [9.17, 15) is 0 Å². The van der Waals surface area contributed by atoms with Crippen molar-refractivity contribution in [1.82, 2.24) is 10.2 Å². The SMILES string of the molecule is CN=C(NCCCCOCCOC)N1CC(C)CC(C)C1. The minimum absolute atomic E-state index is 0.677. The van der Waals surface area contributed by atoms with Crippen LogP contribution in [0.5, 0.6) is 0 Å². The number of likely N-dealkylation sites (tertiary alicyclic amines) is 1. The Labute approximate surface area is 130 Å². The molecule has 2 unspecified atom stereocenters. The van der Waals surface area contributed by atoms with E-state index in [-0.39, 0.29) is 0 Å². The van der Waals surface area contributed by atoms with Crippen molar-refractivity contribution < 1.29 is 9.47 Å². The third-order valence-electron chi connectivity index (χ3n) is 3.81. The van der Waals surface area contributed by atoms with Crippen LogP contribution in [0, 0.1) is 11.8 Å². The van der Waals surface area contributed by atoms with Gasteiger partial charge in [0, 0.05) is 40.4 Å². The molecule has 0 aromatic carbocycles. The van der Waals surface area contributed by atoms with Crippen molar-refractivity contribution in [2.75, 3.05) is 53.6 Å². The highest BCUT2D eigenvalue weighted by atomic mass is 16.5.